The number of ether oxygens (including phenoxy) is 1. The molecule has 0 aliphatic heterocycles. The Bertz CT molecular complexity index is 947. The fourth-order valence-electron chi connectivity index (χ4n) is 2.93. The summed E-state index contributed by atoms with van der Waals surface area (Å²) in [4.78, 5) is 23.8. The van der Waals surface area contributed by atoms with E-state index in [-0.39, 0.29) is 24.3 Å². The van der Waals surface area contributed by atoms with E-state index < -0.39 is 0 Å². The number of nitrogens with one attached hydrogen (secondary N) is 1. The van der Waals surface area contributed by atoms with Gasteiger partial charge in [-0.1, -0.05) is 43.3 Å². The normalized spacial score (nSPS) is 11.8. The molecule has 27 heavy (non-hydrogen) atoms. The van der Waals surface area contributed by atoms with Crippen LogP contribution in [0.5, 0.6) is 5.75 Å². The molecule has 138 valence electrons. The second-order valence-corrected chi connectivity index (χ2v) is 6.49. The van der Waals surface area contributed by atoms with E-state index in [2.05, 4.69) is 29.6 Å². The third kappa shape index (κ3) is 4.73. The lowest BCUT2D eigenvalue weighted by molar-refractivity contribution is -0.123. The third-order valence-electron chi connectivity index (χ3n) is 4.52. The summed E-state index contributed by atoms with van der Waals surface area (Å²) in [6.45, 7) is 3.71. The molecule has 0 aliphatic carbocycles. The Morgan fingerprint density at radius 3 is 2.37 bits per heavy atom. The molecule has 4 nitrogen and oxygen atoms in total. The summed E-state index contributed by atoms with van der Waals surface area (Å²) in [5.41, 5.74) is 1.70. The van der Waals surface area contributed by atoms with Crippen LogP contribution in [0.15, 0.2) is 66.7 Å². The largest absolute Gasteiger partial charge is 0.484 e. The van der Waals surface area contributed by atoms with E-state index in [1.165, 1.54) is 5.39 Å². The van der Waals surface area contributed by atoms with Gasteiger partial charge in [0, 0.05) is 12.0 Å². The molecule has 1 N–H and O–H groups in total. The van der Waals surface area contributed by atoms with E-state index >= 15 is 0 Å². The molecule has 0 saturated carbocycles. The van der Waals surface area contributed by atoms with Crippen LogP contribution in [0.25, 0.3) is 10.8 Å². The molecule has 3 rings (SSSR count). The van der Waals surface area contributed by atoms with Crippen LogP contribution in [-0.2, 0) is 4.79 Å². The van der Waals surface area contributed by atoms with Crippen molar-refractivity contribution in [1.29, 1.82) is 0 Å². The first-order valence-corrected chi connectivity index (χ1v) is 9.11. The van der Waals surface area contributed by atoms with Gasteiger partial charge in [0.1, 0.15) is 5.75 Å². The maximum atomic E-state index is 12.2. The van der Waals surface area contributed by atoms with Crippen molar-refractivity contribution < 1.29 is 14.3 Å². The maximum absolute atomic E-state index is 12.2. The molecule has 0 bridgehead atoms. The summed E-state index contributed by atoms with van der Waals surface area (Å²) in [7, 11) is 0. The van der Waals surface area contributed by atoms with Crippen LogP contribution in [-0.4, -0.2) is 18.3 Å². The van der Waals surface area contributed by atoms with Gasteiger partial charge in [0.25, 0.3) is 5.91 Å². The molecule has 0 fully saturated rings. The molecule has 0 aromatic heterocycles. The van der Waals surface area contributed by atoms with Crippen molar-refractivity contribution in [3.05, 3.63) is 77.9 Å². The zero-order chi connectivity index (χ0) is 19.2. The second-order valence-electron chi connectivity index (χ2n) is 6.49. The van der Waals surface area contributed by atoms with Gasteiger partial charge in [-0.2, -0.15) is 0 Å². The van der Waals surface area contributed by atoms with Crippen molar-refractivity contribution >= 4 is 22.5 Å². The van der Waals surface area contributed by atoms with Gasteiger partial charge in [-0.15, -0.1) is 0 Å². The lowest BCUT2D eigenvalue weighted by Crippen LogP contribution is -2.31. The number of rotatable bonds is 7. The van der Waals surface area contributed by atoms with Crippen molar-refractivity contribution in [2.45, 2.75) is 26.3 Å². The first-order valence-electron chi connectivity index (χ1n) is 9.11. The number of hydrogen-bond donors (Lipinski definition) is 1. The Labute approximate surface area is 159 Å². The van der Waals surface area contributed by atoms with Crippen molar-refractivity contribution in [2.75, 3.05) is 6.61 Å². The highest BCUT2D eigenvalue weighted by molar-refractivity contribution is 5.95. The van der Waals surface area contributed by atoms with E-state index in [0.29, 0.717) is 17.7 Å². The number of hydrogen-bond acceptors (Lipinski definition) is 3. The van der Waals surface area contributed by atoms with E-state index in [9.17, 15) is 9.59 Å². The smallest absolute Gasteiger partial charge is 0.258 e. The SMILES string of the molecule is CCC(=O)c1ccc(OCC(=O)N[C@@H](C)c2ccc3ccccc3c2)cc1. The van der Waals surface area contributed by atoms with Gasteiger partial charge in [-0.3, -0.25) is 9.59 Å². The quantitative estimate of drug-likeness (QED) is 0.621. The molecule has 0 saturated heterocycles. The van der Waals surface area contributed by atoms with Gasteiger partial charge < -0.3 is 10.1 Å². The molecule has 3 aromatic carbocycles. The number of benzene rings is 3. The molecule has 1 atom stereocenters. The van der Waals surface area contributed by atoms with Crippen molar-refractivity contribution in [1.82, 2.24) is 5.32 Å². The van der Waals surface area contributed by atoms with Crippen molar-refractivity contribution in [3.8, 4) is 5.75 Å². The number of Topliss-reactive ketones (excluding diaryl/α,β-unsaturated/α-hetero) is 1. The minimum atomic E-state index is -0.190. The molecule has 0 aliphatic rings. The van der Waals surface area contributed by atoms with Gasteiger partial charge in [0.2, 0.25) is 0 Å². The minimum absolute atomic E-state index is 0.0704. The van der Waals surface area contributed by atoms with Crippen molar-refractivity contribution in [2.24, 2.45) is 0 Å². The summed E-state index contributed by atoms with van der Waals surface area (Å²) in [6, 6.07) is 21.1. The van der Waals surface area contributed by atoms with Gasteiger partial charge >= 0.3 is 0 Å². The van der Waals surface area contributed by atoms with Crippen LogP contribution < -0.4 is 10.1 Å². The average Bonchev–Trinajstić information content (AvgIpc) is 2.71. The molecular weight excluding hydrogens is 338 g/mol. The predicted octanol–water partition coefficient (Wildman–Crippen LogP) is 4.69. The van der Waals surface area contributed by atoms with Crippen LogP contribution in [0, 0.1) is 0 Å². The molecule has 0 unspecified atom stereocenters. The number of amides is 1. The van der Waals surface area contributed by atoms with Gasteiger partial charge in [0.15, 0.2) is 12.4 Å². The van der Waals surface area contributed by atoms with E-state index in [1.54, 1.807) is 24.3 Å². The van der Waals surface area contributed by atoms with Crippen LogP contribution in [0.4, 0.5) is 0 Å². The molecule has 1 amide bonds. The minimum Gasteiger partial charge on any atom is -0.484 e. The summed E-state index contributed by atoms with van der Waals surface area (Å²) in [5, 5.41) is 5.27. The van der Waals surface area contributed by atoms with E-state index in [4.69, 9.17) is 4.74 Å². The monoisotopic (exact) mass is 361 g/mol. The molecule has 0 radical (unpaired) electrons. The molecular formula is C23H23NO3. The van der Waals surface area contributed by atoms with Crippen LogP contribution in [0.1, 0.15) is 42.2 Å². The van der Waals surface area contributed by atoms with Crippen LogP contribution in [0.3, 0.4) is 0 Å². The number of carbonyl (C=O) groups excluding carboxylic acids is 2. The molecule has 3 aromatic rings. The van der Waals surface area contributed by atoms with Gasteiger partial charge in [0.05, 0.1) is 6.04 Å². The highest BCUT2D eigenvalue weighted by atomic mass is 16.5. The predicted molar refractivity (Wildman–Crippen MR) is 107 cm³/mol. The standard InChI is InChI=1S/C23H23NO3/c1-3-22(25)18-10-12-21(13-11-18)27-15-23(26)24-16(2)19-9-8-17-6-4-5-7-20(17)14-19/h4-14,16H,3,15H2,1-2H3,(H,24,26)/t16-/m0/s1. The van der Waals surface area contributed by atoms with E-state index in [0.717, 1.165) is 10.9 Å². The first-order chi connectivity index (χ1) is 13.1. The third-order valence-corrected chi connectivity index (χ3v) is 4.52. The topological polar surface area (TPSA) is 55.4 Å². The maximum Gasteiger partial charge on any atom is 0.258 e. The lowest BCUT2D eigenvalue weighted by Gasteiger charge is -2.15. The highest BCUT2D eigenvalue weighted by Crippen LogP contribution is 2.20. The van der Waals surface area contributed by atoms with Crippen LogP contribution in [0.2, 0.25) is 0 Å². The summed E-state index contributed by atoms with van der Waals surface area (Å²) >= 11 is 0. The summed E-state index contributed by atoms with van der Waals surface area (Å²) < 4.78 is 5.52. The van der Waals surface area contributed by atoms with E-state index in [1.807, 2.05) is 32.0 Å². The zero-order valence-corrected chi connectivity index (χ0v) is 15.6. The number of fused-ring (bicyclic) bond motifs is 1. The Balaban J connectivity index is 1.55. The Morgan fingerprint density at radius 1 is 0.963 bits per heavy atom. The molecule has 4 heteroatoms. The molecule has 0 spiro atoms. The van der Waals surface area contributed by atoms with Crippen LogP contribution >= 0.6 is 0 Å². The van der Waals surface area contributed by atoms with Gasteiger partial charge in [-0.25, -0.2) is 0 Å². The number of ketones is 1. The van der Waals surface area contributed by atoms with Gasteiger partial charge in [-0.05, 0) is 53.6 Å². The fourth-order valence-corrected chi connectivity index (χ4v) is 2.93. The summed E-state index contributed by atoms with van der Waals surface area (Å²) in [6.07, 6.45) is 0.468. The van der Waals surface area contributed by atoms with Crippen molar-refractivity contribution in [3.63, 3.8) is 0 Å². The Kier molecular flexibility index (Phi) is 5.87. The first kappa shape index (κ1) is 18.6. The zero-order valence-electron chi connectivity index (χ0n) is 15.6. The lowest BCUT2D eigenvalue weighted by atomic mass is 10.0. The summed E-state index contributed by atoms with van der Waals surface area (Å²) in [5.74, 6) is 0.462. The fraction of sp³-hybridized carbons (Fsp3) is 0.217. The highest BCUT2D eigenvalue weighted by Gasteiger charge is 2.11. The number of carbonyl (C=O) groups is 2. The Hall–Kier alpha value is -3.14. The second kappa shape index (κ2) is 8.49. The molecule has 0 heterocycles. The average molecular weight is 361 g/mol. The Morgan fingerprint density at radius 2 is 1.67 bits per heavy atom.